The normalized spacial score (nSPS) is 9.12. The van der Waals surface area contributed by atoms with Gasteiger partial charge >= 0.3 is 0 Å². The zero-order valence-corrected chi connectivity index (χ0v) is 10.6. The van der Waals surface area contributed by atoms with E-state index < -0.39 is 0 Å². The maximum atomic E-state index is 9.18. The van der Waals surface area contributed by atoms with Crippen LogP contribution in [0, 0.1) is 0 Å². The fourth-order valence-corrected chi connectivity index (χ4v) is 1.77. The van der Waals surface area contributed by atoms with Crippen LogP contribution in [-0.2, 0) is 9.53 Å². The van der Waals surface area contributed by atoms with Gasteiger partial charge in [0.05, 0.1) is 6.61 Å². The standard InChI is InChI=1S/C10H7Br.C3H6O2/c11-10-7-3-5-8-4-1-2-6-9(8)10;1-2-5-3-4/h1-7H;3H,2H2,1H3. The third kappa shape index (κ3) is 3.66. The Kier molecular flexibility index (Phi) is 5.57. The molecule has 84 valence electrons. The number of carbonyl (C=O) groups excluding carboxylic acids is 1. The van der Waals surface area contributed by atoms with Gasteiger partial charge in [-0.3, -0.25) is 4.79 Å². The molecular formula is C13H13BrO2. The molecule has 0 heterocycles. The molecule has 0 radical (unpaired) electrons. The fraction of sp³-hybridized carbons (Fsp3) is 0.154. The number of halogens is 1. The van der Waals surface area contributed by atoms with E-state index in [4.69, 9.17) is 0 Å². The third-order valence-corrected chi connectivity index (χ3v) is 2.66. The molecule has 0 bridgehead atoms. The minimum Gasteiger partial charge on any atom is -0.468 e. The molecular weight excluding hydrogens is 268 g/mol. The average Bonchev–Trinajstić information content (AvgIpc) is 2.32. The summed E-state index contributed by atoms with van der Waals surface area (Å²) in [5, 5.41) is 2.55. The summed E-state index contributed by atoms with van der Waals surface area (Å²) in [4.78, 5) is 9.18. The molecule has 3 heteroatoms. The minimum absolute atomic E-state index is 0.431. The van der Waals surface area contributed by atoms with E-state index >= 15 is 0 Å². The van der Waals surface area contributed by atoms with Crippen LogP contribution in [0.1, 0.15) is 6.92 Å². The number of ether oxygens (including phenoxy) is 1. The monoisotopic (exact) mass is 280 g/mol. The Morgan fingerprint density at radius 1 is 1.19 bits per heavy atom. The molecule has 0 aliphatic rings. The van der Waals surface area contributed by atoms with Gasteiger partial charge in [-0.25, -0.2) is 0 Å². The Labute approximate surface area is 103 Å². The van der Waals surface area contributed by atoms with Crippen LogP contribution in [0.5, 0.6) is 0 Å². The van der Waals surface area contributed by atoms with Crippen molar-refractivity contribution in [3.05, 3.63) is 46.9 Å². The highest BCUT2D eigenvalue weighted by molar-refractivity contribution is 9.10. The number of hydrogen-bond acceptors (Lipinski definition) is 2. The first-order chi connectivity index (χ1) is 7.79. The van der Waals surface area contributed by atoms with E-state index in [0.29, 0.717) is 13.1 Å². The van der Waals surface area contributed by atoms with E-state index in [2.05, 4.69) is 51.0 Å². The first-order valence-corrected chi connectivity index (χ1v) is 5.77. The molecule has 2 rings (SSSR count). The van der Waals surface area contributed by atoms with Crippen LogP contribution < -0.4 is 0 Å². The highest BCUT2D eigenvalue weighted by Crippen LogP contribution is 2.22. The Hall–Kier alpha value is -1.35. The Bertz CT molecular complexity index is 449. The van der Waals surface area contributed by atoms with E-state index in [1.807, 2.05) is 12.1 Å². The van der Waals surface area contributed by atoms with Crippen molar-refractivity contribution in [2.45, 2.75) is 6.92 Å². The zero-order valence-electron chi connectivity index (χ0n) is 9.02. The molecule has 2 aromatic rings. The first kappa shape index (κ1) is 12.7. The molecule has 0 amide bonds. The van der Waals surface area contributed by atoms with Crippen molar-refractivity contribution in [3.8, 4) is 0 Å². The topological polar surface area (TPSA) is 26.3 Å². The summed E-state index contributed by atoms with van der Waals surface area (Å²) in [6.07, 6.45) is 0. The largest absolute Gasteiger partial charge is 0.468 e. The number of carbonyl (C=O) groups is 1. The first-order valence-electron chi connectivity index (χ1n) is 4.98. The summed E-state index contributed by atoms with van der Waals surface area (Å²) >= 11 is 3.50. The quantitative estimate of drug-likeness (QED) is 0.783. The Morgan fingerprint density at radius 2 is 1.88 bits per heavy atom. The SMILES string of the molecule is Brc1cccc2ccccc12.CCOC=O. The number of hydrogen-bond donors (Lipinski definition) is 0. The van der Waals surface area contributed by atoms with Crippen LogP contribution in [-0.4, -0.2) is 13.1 Å². The molecule has 0 aliphatic carbocycles. The highest BCUT2D eigenvalue weighted by atomic mass is 79.9. The van der Waals surface area contributed by atoms with E-state index in [9.17, 15) is 4.79 Å². The Balaban J connectivity index is 0.000000221. The summed E-state index contributed by atoms with van der Waals surface area (Å²) in [5.41, 5.74) is 0. The summed E-state index contributed by atoms with van der Waals surface area (Å²) in [5.74, 6) is 0. The van der Waals surface area contributed by atoms with E-state index in [-0.39, 0.29) is 0 Å². The van der Waals surface area contributed by atoms with Gasteiger partial charge in [0.15, 0.2) is 0 Å². The molecule has 0 aliphatic heterocycles. The van der Waals surface area contributed by atoms with Crippen LogP contribution >= 0.6 is 15.9 Å². The van der Waals surface area contributed by atoms with Gasteiger partial charge in [-0.05, 0) is 23.8 Å². The lowest BCUT2D eigenvalue weighted by Gasteiger charge is -1.97. The van der Waals surface area contributed by atoms with Gasteiger partial charge in [-0.2, -0.15) is 0 Å². The van der Waals surface area contributed by atoms with Gasteiger partial charge in [0, 0.05) is 4.47 Å². The van der Waals surface area contributed by atoms with Crippen LogP contribution in [0.25, 0.3) is 10.8 Å². The van der Waals surface area contributed by atoms with Crippen molar-refractivity contribution in [1.29, 1.82) is 0 Å². The number of fused-ring (bicyclic) bond motifs is 1. The maximum absolute atomic E-state index is 9.18. The molecule has 2 aromatic carbocycles. The van der Waals surface area contributed by atoms with Crippen molar-refractivity contribution < 1.29 is 9.53 Å². The van der Waals surface area contributed by atoms with Crippen LogP contribution in [0.4, 0.5) is 0 Å². The smallest absolute Gasteiger partial charge is 0.293 e. The second-order valence-electron chi connectivity index (χ2n) is 3.01. The second kappa shape index (κ2) is 7.01. The molecule has 0 unspecified atom stereocenters. The Morgan fingerprint density at radius 3 is 2.44 bits per heavy atom. The fourth-order valence-electron chi connectivity index (χ4n) is 1.25. The number of benzene rings is 2. The maximum Gasteiger partial charge on any atom is 0.293 e. The van der Waals surface area contributed by atoms with Crippen molar-refractivity contribution in [3.63, 3.8) is 0 Å². The zero-order chi connectivity index (χ0) is 11.8. The van der Waals surface area contributed by atoms with Gasteiger partial charge in [-0.1, -0.05) is 52.3 Å². The van der Waals surface area contributed by atoms with Gasteiger partial charge in [0.1, 0.15) is 0 Å². The molecule has 16 heavy (non-hydrogen) atoms. The highest BCUT2D eigenvalue weighted by Gasteiger charge is 1.93. The lowest BCUT2D eigenvalue weighted by molar-refractivity contribution is -0.128. The van der Waals surface area contributed by atoms with Crippen molar-refractivity contribution >= 4 is 33.2 Å². The third-order valence-electron chi connectivity index (χ3n) is 1.97. The molecule has 0 aromatic heterocycles. The van der Waals surface area contributed by atoms with E-state index in [0.717, 1.165) is 4.47 Å². The van der Waals surface area contributed by atoms with Crippen molar-refractivity contribution in [1.82, 2.24) is 0 Å². The lowest BCUT2D eigenvalue weighted by atomic mass is 10.1. The molecule has 0 saturated carbocycles. The molecule has 0 atom stereocenters. The predicted molar refractivity (Wildman–Crippen MR) is 69.3 cm³/mol. The lowest BCUT2D eigenvalue weighted by Crippen LogP contribution is -1.80. The summed E-state index contributed by atoms with van der Waals surface area (Å²) in [6.45, 7) is 2.66. The van der Waals surface area contributed by atoms with Gasteiger partial charge in [0.2, 0.25) is 0 Å². The van der Waals surface area contributed by atoms with Crippen molar-refractivity contribution in [2.75, 3.05) is 6.61 Å². The molecule has 0 fully saturated rings. The van der Waals surface area contributed by atoms with E-state index in [1.165, 1.54) is 10.8 Å². The van der Waals surface area contributed by atoms with Gasteiger partial charge in [0.25, 0.3) is 6.47 Å². The van der Waals surface area contributed by atoms with E-state index in [1.54, 1.807) is 6.92 Å². The molecule has 0 spiro atoms. The molecule has 2 nitrogen and oxygen atoms in total. The van der Waals surface area contributed by atoms with Crippen LogP contribution in [0.15, 0.2) is 46.9 Å². The minimum atomic E-state index is 0.431. The second-order valence-corrected chi connectivity index (χ2v) is 3.87. The van der Waals surface area contributed by atoms with Gasteiger partial charge < -0.3 is 4.74 Å². The summed E-state index contributed by atoms with van der Waals surface area (Å²) < 4.78 is 5.32. The molecule has 0 N–H and O–H groups in total. The molecule has 0 saturated heterocycles. The average molecular weight is 281 g/mol. The van der Waals surface area contributed by atoms with Crippen LogP contribution in [0.2, 0.25) is 0 Å². The van der Waals surface area contributed by atoms with Gasteiger partial charge in [-0.15, -0.1) is 0 Å². The van der Waals surface area contributed by atoms with Crippen LogP contribution in [0.3, 0.4) is 0 Å². The summed E-state index contributed by atoms with van der Waals surface area (Å²) in [7, 11) is 0. The number of rotatable bonds is 2. The predicted octanol–water partition coefficient (Wildman–Crippen LogP) is 3.78. The van der Waals surface area contributed by atoms with Crippen molar-refractivity contribution in [2.24, 2.45) is 0 Å². The summed E-state index contributed by atoms with van der Waals surface area (Å²) in [6, 6.07) is 14.5.